The number of nitrogens with zero attached hydrogens (tertiary/aromatic N) is 2. The first-order chi connectivity index (χ1) is 12.6. The van der Waals surface area contributed by atoms with Crippen LogP contribution in [0.15, 0.2) is 30.3 Å². The molecule has 0 saturated carbocycles. The molecule has 0 amide bonds. The molecule has 0 N–H and O–H groups in total. The van der Waals surface area contributed by atoms with Crippen LogP contribution in [-0.4, -0.2) is 35.5 Å². The van der Waals surface area contributed by atoms with Crippen molar-refractivity contribution in [2.75, 3.05) is 26.2 Å². The van der Waals surface area contributed by atoms with E-state index < -0.39 is 7.44 Å². The topological polar surface area (TPSA) is 23.6 Å². The lowest BCUT2D eigenvalue weighted by atomic mass is 10.3. The van der Waals surface area contributed by atoms with Gasteiger partial charge in [0.2, 0.25) is 7.44 Å². The van der Waals surface area contributed by atoms with E-state index in [1.165, 1.54) is 0 Å². The average Bonchev–Trinajstić information content (AvgIpc) is 2.68. The minimum atomic E-state index is -2.74. The summed E-state index contributed by atoms with van der Waals surface area (Å²) in [7, 11) is -2.74. The van der Waals surface area contributed by atoms with Gasteiger partial charge in [-0.05, 0) is 37.8 Å². The molecular formula is C22H41N2OP. The van der Waals surface area contributed by atoms with Crippen molar-refractivity contribution in [1.29, 1.82) is 0 Å². The van der Waals surface area contributed by atoms with Crippen LogP contribution < -0.4 is 5.30 Å². The van der Waals surface area contributed by atoms with Crippen LogP contribution in [0.5, 0.6) is 0 Å². The maximum absolute atomic E-state index is 14.7. The molecule has 0 radical (unpaired) electrons. The van der Waals surface area contributed by atoms with Crippen molar-refractivity contribution in [3.8, 4) is 0 Å². The summed E-state index contributed by atoms with van der Waals surface area (Å²) in [5, 5.41) is 1.01. The van der Waals surface area contributed by atoms with Crippen molar-refractivity contribution in [3.63, 3.8) is 0 Å². The standard InChI is InChI=1S/C22H41N2OP/c1-5-9-18-23(19-10-6-2)26(25,22-16-14-13-15-17-22)24(20-11-7-3)21-12-8-4/h13-17H,5-12,18-21H2,1-4H3. The van der Waals surface area contributed by atoms with Crippen LogP contribution in [0.1, 0.15) is 79.1 Å². The summed E-state index contributed by atoms with van der Waals surface area (Å²) in [4.78, 5) is 0. The molecule has 1 rings (SSSR count). The molecule has 4 heteroatoms. The Morgan fingerprint density at radius 3 is 1.31 bits per heavy atom. The summed E-state index contributed by atoms with van der Waals surface area (Å²) >= 11 is 0. The molecular weight excluding hydrogens is 339 g/mol. The Morgan fingerprint density at radius 1 is 0.654 bits per heavy atom. The van der Waals surface area contributed by atoms with Gasteiger partial charge >= 0.3 is 0 Å². The van der Waals surface area contributed by atoms with Gasteiger partial charge < -0.3 is 0 Å². The smallest absolute Gasteiger partial charge is 0.245 e. The lowest BCUT2D eigenvalue weighted by Gasteiger charge is -2.40. The van der Waals surface area contributed by atoms with E-state index in [0.717, 1.165) is 82.9 Å². The molecule has 0 unspecified atom stereocenters. The molecule has 0 heterocycles. The Hall–Kier alpha value is -0.630. The van der Waals surface area contributed by atoms with Gasteiger partial charge in [0.1, 0.15) is 0 Å². The second kappa shape index (κ2) is 13.5. The number of rotatable bonds is 15. The number of benzene rings is 1. The Labute approximate surface area is 162 Å². The van der Waals surface area contributed by atoms with Crippen LogP contribution in [0.2, 0.25) is 0 Å². The van der Waals surface area contributed by atoms with Gasteiger partial charge in [0.05, 0.1) is 0 Å². The second-order valence-corrected chi connectivity index (χ2v) is 9.94. The molecule has 1 aromatic carbocycles. The number of hydrogen-bond acceptors (Lipinski definition) is 1. The zero-order valence-corrected chi connectivity index (χ0v) is 18.5. The molecule has 1 aromatic rings. The fourth-order valence-corrected chi connectivity index (χ4v) is 6.48. The van der Waals surface area contributed by atoms with Gasteiger partial charge in [-0.25, -0.2) is 9.34 Å². The SMILES string of the molecule is CCCCN(CCCC)P(=O)(c1ccccc1)N(CCCC)CCCC. The summed E-state index contributed by atoms with van der Waals surface area (Å²) in [6.45, 7) is 12.6. The largest absolute Gasteiger partial charge is 0.284 e. The molecule has 0 fully saturated rings. The predicted molar refractivity (Wildman–Crippen MR) is 116 cm³/mol. The molecule has 3 nitrogen and oxygen atoms in total. The van der Waals surface area contributed by atoms with Crippen molar-refractivity contribution < 1.29 is 4.57 Å². The highest BCUT2D eigenvalue weighted by atomic mass is 31.2. The normalized spacial score (nSPS) is 12.2. The van der Waals surface area contributed by atoms with E-state index in [1.807, 2.05) is 18.2 Å². The van der Waals surface area contributed by atoms with Gasteiger partial charge in [-0.2, -0.15) is 0 Å². The maximum atomic E-state index is 14.7. The van der Waals surface area contributed by atoms with Crippen LogP contribution in [-0.2, 0) is 4.57 Å². The van der Waals surface area contributed by atoms with Gasteiger partial charge in [-0.1, -0.05) is 71.6 Å². The van der Waals surface area contributed by atoms with Gasteiger partial charge in [0.25, 0.3) is 0 Å². The molecule has 150 valence electrons. The first kappa shape index (κ1) is 23.4. The Balaban J connectivity index is 3.29. The Bertz CT molecular complexity index is 466. The molecule has 0 atom stereocenters. The average molecular weight is 381 g/mol. The van der Waals surface area contributed by atoms with E-state index in [1.54, 1.807) is 0 Å². The van der Waals surface area contributed by atoms with Crippen molar-refractivity contribution in [1.82, 2.24) is 9.34 Å². The first-order valence-corrected chi connectivity index (χ1v) is 12.4. The van der Waals surface area contributed by atoms with Crippen molar-refractivity contribution in [2.45, 2.75) is 79.1 Å². The van der Waals surface area contributed by atoms with E-state index in [4.69, 9.17) is 0 Å². The van der Waals surface area contributed by atoms with E-state index in [0.29, 0.717) is 0 Å². The zero-order valence-electron chi connectivity index (χ0n) is 17.6. The molecule has 0 aliphatic rings. The highest BCUT2D eigenvalue weighted by Gasteiger charge is 2.37. The highest BCUT2D eigenvalue weighted by Crippen LogP contribution is 2.52. The lowest BCUT2D eigenvalue weighted by Crippen LogP contribution is -2.39. The predicted octanol–water partition coefficient (Wildman–Crippen LogP) is 6.31. The van der Waals surface area contributed by atoms with E-state index in [9.17, 15) is 4.57 Å². The van der Waals surface area contributed by atoms with E-state index in [2.05, 4.69) is 49.2 Å². The summed E-state index contributed by atoms with van der Waals surface area (Å²) in [5.41, 5.74) is 0. The Kier molecular flexibility index (Phi) is 12.2. The van der Waals surface area contributed by atoms with Gasteiger partial charge in [-0.15, -0.1) is 0 Å². The number of hydrogen-bond donors (Lipinski definition) is 0. The van der Waals surface area contributed by atoms with Crippen LogP contribution in [0, 0.1) is 0 Å². The molecule has 26 heavy (non-hydrogen) atoms. The molecule has 0 bridgehead atoms. The Morgan fingerprint density at radius 2 is 1.00 bits per heavy atom. The molecule has 0 aliphatic heterocycles. The molecule has 0 spiro atoms. The summed E-state index contributed by atoms with van der Waals surface area (Å²) in [6.07, 6.45) is 8.99. The second-order valence-electron chi connectivity index (χ2n) is 7.20. The van der Waals surface area contributed by atoms with Crippen LogP contribution in [0.25, 0.3) is 0 Å². The van der Waals surface area contributed by atoms with E-state index in [-0.39, 0.29) is 0 Å². The molecule has 0 aromatic heterocycles. The van der Waals surface area contributed by atoms with Crippen LogP contribution in [0.3, 0.4) is 0 Å². The molecule has 0 aliphatic carbocycles. The third kappa shape index (κ3) is 6.83. The monoisotopic (exact) mass is 380 g/mol. The quantitative estimate of drug-likeness (QED) is 0.333. The first-order valence-electron chi connectivity index (χ1n) is 10.8. The number of unbranched alkanes of at least 4 members (excludes halogenated alkanes) is 4. The lowest BCUT2D eigenvalue weighted by molar-refractivity contribution is 0.324. The van der Waals surface area contributed by atoms with Gasteiger partial charge in [-0.3, -0.25) is 4.57 Å². The summed E-state index contributed by atoms with van der Waals surface area (Å²) in [5.74, 6) is 0. The van der Waals surface area contributed by atoms with Crippen LogP contribution >= 0.6 is 7.44 Å². The van der Waals surface area contributed by atoms with E-state index >= 15 is 0 Å². The van der Waals surface area contributed by atoms with Crippen molar-refractivity contribution in [2.24, 2.45) is 0 Å². The summed E-state index contributed by atoms with van der Waals surface area (Å²) in [6, 6.07) is 10.3. The van der Waals surface area contributed by atoms with Crippen molar-refractivity contribution >= 4 is 12.7 Å². The van der Waals surface area contributed by atoms with Gasteiger partial charge in [0, 0.05) is 31.5 Å². The van der Waals surface area contributed by atoms with Gasteiger partial charge in [0.15, 0.2) is 0 Å². The third-order valence-electron chi connectivity index (χ3n) is 4.94. The van der Waals surface area contributed by atoms with Crippen molar-refractivity contribution in [3.05, 3.63) is 30.3 Å². The zero-order chi connectivity index (χ0) is 19.3. The highest BCUT2D eigenvalue weighted by molar-refractivity contribution is 7.67. The minimum absolute atomic E-state index is 0.928. The molecule has 0 saturated heterocycles. The fourth-order valence-electron chi connectivity index (χ4n) is 3.26. The maximum Gasteiger partial charge on any atom is 0.245 e. The van der Waals surface area contributed by atoms with Crippen LogP contribution in [0.4, 0.5) is 0 Å². The fraction of sp³-hybridized carbons (Fsp3) is 0.727. The third-order valence-corrected chi connectivity index (χ3v) is 8.24. The minimum Gasteiger partial charge on any atom is -0.284 e. The summed E-state index contributed by atoms with van der Waals surface area (Å²) < 4.78 is 19.4.